The molecule has 0 amide bonds. The van der Waals surface area contributed by atoms with E-state index in [4.69, 9.17) is 0 Å². The summed E-state index contributed by atoms with van der Waals surface area (Å²) in [7, 11) is -3.64. The second kappa shape index (κ2) is 6.42. The Morgan fingerprint density at radius 3 is 2.30 bits per heavy atom. The molecule has 0 unspecified atom stereocenters. The minimum atomic E-state index is -3.64. The topological polar surface area (TPSA) is 46.2 Å². The van der Waals surface area contributed by atoms with Crippen LogP contribution in [0.1, 0.15) is 0 Å². The molecule has 0 radical (unpaired) electrons. The molecular weight excluding hydrogens is 392 g/mol. The van der Waals surface area contributed by atoms with Crippen LogP contribution in [-0.2, 0) is 10.0 Å². The molecule has 2 rings (SSSR count). The summed E-state index contributed by atoms with van der Waals surface area (Å²) in [5.74, 6) is -2.50. The van der Waals surface area contributed by atoms with Crippen LogP contribution in [0.3, 0.4) is 0 Å². The monoisotopic (exact) mass is 399 g/mol. The van der Waals surface area contributed by atoms with Gasteiger partial charge in [-0.15, -0.1) is 11.3 Å². The van der Waals surface area contributed by atoms with Crippen LogP contribution in [-0.4, -0.2) is 14.2 Å². The van der Waals surface area contributed by atoms with E-state index in [0.717, 1.165) is 11.3 Å². The van der Waals surface area contributed by atoms with E-state index in [1.54, 1.807) is 6.07 Å². The molecule has 0 bridgehead atoms. The number of hydrogen-bond donors (Lipinski definition) is 1. The minimum Gasteiger partial charge on any atom is -0.279 e. The maximum absolute atomic E-state index is 12.2. The summed E-state index contributed by atoms with van der Waals surface area (Å²) < 4.78 is 51.7. The molecule has 1 heterocycles. The quantitative estimate of drug-likeness (QED) is 0.745. The van der Waals surface area contributed by atoms with Crippen LogP contribution >= 0.6 is 39.0 Å². The average molecular weight is 400 g/mol. The van der Waals surface area contributed by atoms with Gasteiger partial charge in [0.25, 0.3) is 15.8 Å². The molecule has 0 aliphatic heterocycles. The van der Waals surface area contributed by atoms with E-state index < -0.39 is 15.8 Å². The number of rotatable bonds is 5. The van der Waals surface area contributed by atoms with Crippen molar-refractivity contribution in [2.75, 3.05) is 4.72 Å². The first-order chi connectivity index (χ1) is 9.37. The lowest BCUT2D eigenvalue weighted by molar-refractivity contribution is 0.252. The summed E-state index contributed by atoms with van der Waals surface area (Å²) in [6.45, 7) is 0. The number of alkyl halides is 2. The van der Waals surface area contributed by atoms with Crippen LogP contribution in [0.5, 0.6) is 0 Å². The van der Waals surface area contributed by atoms with E-state index in [9.17, 15) is 17.2 Å². The number of benzene rings is 1. The van der Waals surface area contributed by atoms with Crippen molar-refractivity contribution in [3.05, 3.63) is 40.2 Å². The van der Waals surface area contributed by atoms with Gasteiger partial charge in [-0.2, -0.15) is 8.78 Å². The van der Waals surface area contributed by atoms with E-state index in [2.05, 4.69) is 20.7 Å². The Bertz CT molecular complexity index is 686. The first-order valence-electron chi connectivity index (χ1n) is 5.20. The predicted octanol–water partition coefficient (Wildman–Crippen LogP) is 4.63. The van der Waals surface area contributed by atoms with Crippen molar-refractivity contribution in [2.24, 2.45) is 0 Å². The molecule has 0 saturated heterocycles. The van der Waals surface area contributed by atoms with Gasteiger partial charge in [0, 0.05) is 10.6 Å². The molecule has 0 aliphatic rings. The number of hydrogen-bond acceptors (Lipinski definition) is 4. The second-order valence-electron chi connectivity index (χ2n) is 3.57. The van der Waals surface area contributed by atoms with Gasteiger partial charge in [0.15, 0.2) is 0 Å². The summed E-state index contributed by atoms with van der Waals surface area (Å²) in [6, 6.07) is 8.91. The third-order valence-electron chi connectivity index (χ3n) is 2.15. The van der Waals surface area contributed by atoms with Gasteiger partial charge >= 0.3 is 0 Å². The fraction of sp³-hybridized carbons (Fsp3) is 0.0909. The van der Waals surface area contributed by atoms with Crippen molar-refractivity contribution in [3.8, 4) is 0 Å². The van der Waals surface area contributed by atoms with Crippen LogP contribution in [0, 0.1) is 0 Å². The van der Waals surface area contributed by atoms with Gasteiger partial charge in [0.2, 0.25) is 0 Å². The SMILES string of the molecule is O=S(=O)(Nc1ccc(SC(F)F)cc1)c1ccc(Br)s1. The van der Waals surface area contributed by atoms with Gasteiger partial charge in [-0.1, -0.05) is 11.8 Å². The zero-order chi connectivity index (χ0) is 14.8. The van der Waals surface area contributed by atoms with Crippen molar-refractivity contribution in [1.82, 2.24) is 0 Å². The molecule has 108 valence electrons. The molecular formula is C11H8BrF2NO2S3. The predicted molar refractivity (Wildman–Crippen MR) is 81.1 cm³/mol. The van der Waals surface area contributed by atoms with Gasteiger partial charge in [-0.05, 0) is 52.3 Å². The Kier molecular flexibility index (Phi) is 5.05. The van der Waals surface area contributed by atoms with Gasteiger partial charge in [0.1, 0.15) is 4.21 Å². The lowest BCUT2D eigenvalue weighted by Gasteiger charge is -2.07. The van der Waals surface area contributed by atoms with Gasteiger partial charge in [-0.25, -0.2) is 8.42 Å². The Labute approximate surface area is 131 Å². The van der Waals surface area contributed by atoms with Crippen molar-refractivity contribution in [3.63, 3.8) is 0 Å². The number of sulfonamides is 1. The van der Waals surface area contributed by atoms with Gasteiger partial charge in [0.05, 0.1) is 3.79 Å². The van der Waals surface area contributed by atoms with Gasteiger partial charge < -0.3 is 0 Å². The molecule has 1 N–H and O–H groups in total. The second-order valence-corrected chi connectivity index (χ2v) is 9.00. The van der Waals surface area contributed by atoms with E-state index in [-0.39, 0.29) is 4.21 Å². The Hall–Kier alpha value is -0.640. The summed E-state index contributed by atoms with van der Waals surface area (Å²) in [4.78, 5) is 0.377. The third kappa shape index (κ3) is 4.18. The molecule has 1 aromatic heterocycles. The lowest BCUT2D eigenvalue weighted by Crippen LogP contribution is -2.11. The highest BCUT2D eigenvalue weighted by atomic mass is 79.9. The third-order valence-corrected chi connectivity index (χ3v) is 6.36. The van der Waals surface area contributed by atoms with Crippen LogP contribution in [0.25, 0.3) is 0 Å². The highest BCUT2D eigenvalue weighted by Crippen LogP contribution is 2.29. The van der Waals surface area contributed by atoms with E-state index in [1.807, 2.05) is 0 Å². The minimum absolute atomic E-state index is 0.176. The fourth-order valence-electron chi connectivity index (χ4n) is 1.35. The number of thiophene rings is 1. The van der Waals surface area contributed by atoms with Gasteiger partial charge in [-0.3, -0.25) is 4.72 Å². The van der Waals surface area contributed by atoms with E-state index >= 15 is 0 Å². The van der Waals surface area contributed by atoms with Crippen molar-refractivity contribution in [2.45, 2.75) is 14.9 Å². The Morgan fingerprint density at radius 2 is 1.80 bits per heavy atom. The molecule has 2 aromatic rings. The number of halogens is 3. The van der Waals surface area contributed by atoms with Crippen LogP contribution in [0.2, 0.25) is 0 Å². The highest BCUT2D eigenvalue weighted by Gasteiger charge is 2.16. The smallest absolute Gasteiger partial charge is 0.279 e. The van der Waals surface area contributed by atoms with Crippen LogP contribution in [0.15, 0.2) is 49.3 Å². The first kappa shape index (κ1) is 15.7. The zero-order valence-electron chi connectivity index (χ0n) is 9.72. The Balaban J connectivity index is 2.13. The number of nitrogens with one attached hydrogen (secondary N) is 1. The summed E-state index contributed by atoms with van der Waals surface area (Å²) in [5.41, 5.74) is 0.327. The lowest BCUT2D eigenvalue weighted by atomic mass is 10.3. The van der Waals surface area contributed by atoms with Crippen molar-refractivity contribution in [1.29, 1.82) is 0 Å². The summed E-state index contributed by atoms with van der Waals surface area (Å²) >= 11 is 4.69. The number of anilines is 1. The maximum Gasteiger partial charge on any atom is 0.288 e. The highest BCUT2D eigenvalue weighted by molar-refractivity contribution is 9.11. The number of thioether (sulfide) groups is 1. The van der Waals surface area contributed by atoms with E-state index in [1.165, 1.54) is 30.3 Å². The molecule has 0 spiro atoms. The summed E-state index contributed by atoms with van der Waals surface area (Å²) in [6.07, 6.45) is 0. The molecule has 0 saturated carbocycles. The molecule has 0 aliphatic carbocycles. The van der Waals surface area contributed by atoms with Crippen molar-refractivity contribution < 1.29 is 17.2 Å². The van der Waals surface area contributed by atoms with E-state index in [0.29, 0.717) is 26.1 Å². The summed E-state index contributed by atoms with van der Waals surface area (Å²) in [5, 5.41) is 0. The largest absolute Gasteiger partial charge is 0.288 e. The Morgan fingerprint density at radius 1 is 1.15 bits per heavy atom. The maximum atomic E-state index is 12.2. The average Bonchev–Trinajstić information content (AvgIpc) is 2.78. The van der Waals surface area contributed by atoms with Crippen LogP contribution in [0.4, 0.5) is 14.5 Å². The normalized spacial score (nSPS) is 11.8. The molecule has 9 heteroatoms. The molecule has 0 fully saturated rings. The molecule has 20 heavy (non-hydrogen) atoms. The first-order valence-corrected chi connectivity index (χ1v) is 9.17. The standard InChI is InChI=1S/C11H8BrF2NO2S3/c12-9-5-6-10(19-9)20(16,17)15-7-1-3-8(4-2-7)18-11(13)14/h1-6,11,15H. The fourth-order valence-corrected chi connectivity index (χ4v) is 4.92. The zero-order valence-corrected chi connectivity index (χ0v) is 13.8. The molecule has 3 nitrogen and oxygen atoms in total. The van der Waals surface area contributed by atoms with Crippen molar-refractivity contribution >= 4 is 54.7 Å². The molecule has 0 atom stereocenters. The van der Waals surface area contributed by atoms with Crippen LogP contribution < -0.4 is 4.72 Å². The molecule has 1 aromatic carbocycles.